The number of nitrogens with zero attached hydrogens (tertiary/aromatic N) is 2. The largest absolute Gasteiger partial charge is 0.550 e. The molecule has 1 aromatic carbocycles. The SMILES string of the molecule is O=C([O-])CCCN1C(=O)/C(=C/C=C/c2ccccc2[N+](=O)[O-])SC1=S. The Hall–Kier alpha value is -2.52. The molecular formula is C16H13N2O5S2-. The molecule has 1 amide bonds. The average molecular weight is 377 g/mol. The highest BCUT2D eigenvalue weighted by Gasteiger charge is 2.30. The average Bonchev–Trinajstić information content (AvgIpc) is 2.82. The highest BCUT2D eigenvalue weighted by atomic mass is 32.2. The lowest BCUT2D eigenvalue weighted by Crippen LogP contribution is -2.30. The maximum absolute atomic E-state index is 12.3. The quantitative estimate of drug-likeness (QED) is 0.309. The van der Waals surface area contributed by atoms with Crippen LogP contribution in [0.1, 0.15) is 18.4 Å². The molecule has 0 aliphatic carbocycles. The number of carboxylic acids is 1. The Kier molecular flexibility index (Phi) is 6.43. The Morgan fingerprint density at radius 2 is 2.08 bits per heavy atom. The molecule has 1 aliphatic rings. The molecule has 1 heterocycles. The summed E-state index contributed by atoms with van der Waals surface area (Å²) >= 11 is 6.23. The highest BCUT2D eigenvalue weighted by Crippen LogP contribution is 2.31. The zero-order chi connectivity index (χ0) is 18.4. The van der Waals surface area contributed by atoms with E-state index in [2.05, 4.69) is 0 Å². The number of thioether (sulfide) groups is 1. The number of hydrogen-bond donors (Lipinski definition) is 0. The van der Waals surface area contributed by atoms with E-state index in [-0.39, 0.29) is 31.0 Å². The molecule has 0 saturated carbocycles. The van der Waals surface area contributed by atoms with Crippen molar-refractivity contribution in [2.45, 2.75) is 12.8 Å². The van der Waals surface area contributed by atoms with E-state index in [1.807, 2.05) is 0 Å². The zero-order valence-electron chi connectivity index (χ0n) is 12.9. The van der Waals surface area contributed by atoms with Gasteiger partial charge in [-0.05, 0) is 31.1 Å². The molecule has 1 fully saturated rings. The number of thiocarbonyl (C=S) groups is 1. The minimum atomic E-state index is -1.17. The van der Waals surface area contributed by atoms with Gasteiger partial charge in [-0.25, -0.2) is 0 Å². The van der Waals surface area contributed by atoms with E-state index in [4.69, 9.17) is 12.2 Å². The number of allylic oxidation sites excluding steroid dienone is 2. The molecule has 2 rings (SSSR count). The summed E-state index contributed by atoms with van der Waals surface area (Å²) < 4.78 is 0.355. The van der Waals surface area contributed by atoms with Crippen LogP contribution in [0.3, 0.4) is 0 Å². The molecule has 1 aliphatic heterocycles. The molecule has 130 valence electrons. The summed E-state index contributed by atoms with van der Waals surface area (Å²) in [7, 11) is 0. The van der Waals surface area contributed by atoms with Crippen molar-refractivity contribution < 1.29 is 19.6 Å². The number of carbonyl (C=O) groups is 2. The molecule has 9 heteroatoms. The number of hydrogen-bond acceptors (Lipinski definition) is 7. The first-order valence-corrected chi connectivity index (χ1v) is 8.48. The van der Waals surface area contributed by atoms with E-state index < -0.39 is 10.9 Å². The highest BCUT2D eigenvalue weighted by molar-refractivity contribution is 8.26. The van der Waals surface area contributed by atoms with Crippen LogP contribution in [0.2, 0.25) is 0 Å². The molecule has 1 aromatic rings. The number of nitro benzene ring substituents is 1. The molecule has 7 nitrogen and oxygen atoms in total. The van der Waals surface area contributed by atoms with Gasteiger partial charge in [0, 0.05) is 18.6 Å². The molecule has 0 radical (unpaired) electrons. The van der Waals surface area contributed by atoms with Gasteiger partial charge < -0.3 is 9.90 Å². The number of carbonyl (C=O) groups excluding carboxylic acids is 2. The van der Waals surface area contributed by atoms with Crippen LogP contribution >= 0.6 is 24.0 Å². The summed E-state index contributed by atoms with van der Waals surface area (Å²) in [5.41, 5.74) is 0.398. The molecule has 25 heavy (non-hydrogen) atoms. The third-order valence-corrected chi connectivity index (χ3v) is 4.69. The van der Waals surface area contributed by atoms with E-state index in [0.717, 1.165) is 11.8 Å². The second-order valence-electron chi connectivity index (χ2n) is 5.01. The van der Waals surface area contributed by atoms with Gasteiger partial charge in [-0.3, -0.25) is 19.8 Å². The number of benzene rings is 1. The monoisotopic (exact) mass is 377 g/mol. The Labute approximate surface area is 153 Å². The van der Waals surface area contributed by atoms with E-state index in [1.165, 1.54) is 17.0 Å². The summed E-state index contributed by atoms with van der Waals surface area (Å²) in [6.07, 6.45) is 4.74. The molecule has 0 spiro atoms. The summed E-state index contributed by atoms with van der Waals surface area (Å²) in [5, 5.41) is 21.4. The number of carboxylic acid groups (broad SMARTS) is 1. The van der Waals surface area contributed by atoms with Crippen LogP contribution in [-0.4, -0.2) is 32.6 Å². The van der Waals surface area contributed by atoms with Crippen molar-refractivity contribution in [2.24, 2.45) is 0 Å². The van der Waals surface area contributed by atoms with Crippen molar-refractivity contribution in [3.63, 3.8) is 0 Å². The van der Waals surface area contributed by atoms with Gasteiger partial charge >= 0.3 is 0 Å². The van der Waals surface area contributed by atoms with Gasteiger partial charge in [-0.15, -0.1) is 0 Å². The van der Waals surface area contributed by atoms with Gasteiger partial charge in [-0.1, -0.05) is 42.2 Å². The van der Waals surface area contributed by atoms with Crippen molar-refractivity contribution in [1.29, 1.82) is 0 Å². The topological polar surface area (TPSA) is 104 Å². The molecular weight excluding hydrogens is 364 g/mol. The number of aliphatic carboxylic acids is 1. The smallest absolute Gasteiger partial charge is 0.276 e. The maximum atomic E-state index is 12.3. The van der Waals surface area contributed by atoms with Crippen molar-refractivity contribution in [1.82, 2.24) is 4.90 Å². The number of rotatable bonds is 7. The van der Waals surface area contributed by atoms with Crippen LogP contribution in [0.25, 0.3) is 6.08 Å². The third kappa shape index (κ3) is 4.97. The number of amides is 1. The first-order chi connectivity index (χ1) is 11.9. The zero-order valence-corrected chi connectivity index (χ0v) is 14.5. The molecule has 0 N–H and O–H groups in total. The maximum Gasteiger partial charge on any atom is 0.276 e. The third-order valence-electron chi connectivity index (χ3n) is 3.29. The van der Waals surface area contributed by atoms with Gasteiger partial charge in [-0.2, -0.15) is 0 Å². The standard InChI is InChI=1S/C16H14N2O5S2/c19-14(20)9-4-10-17-15(21)13(25-16(17)24)8-3-6-11-5-1-2-7-12(11)18(22)23/h1-3,5-8H,4,9-10H2,(H,19,20)/p-1/b6-3+,13-8-. The van der Waals surface area contributed by atoms with Gasteiger partial charge in [0.15, 0.2) is 0 Å². The molecule has 0 unspecified atom stereocenters. The Morgan fingerprint density at radius 1 is 1.36 bits per heavy atom. The Morgan fingerprint density at radius 3 is 2.76 bits per heavy atom. The van der Waals surface area contributed by atoms with Crippen molar-refractivity contribution in [2.75, 3.05) is 6.54 Å². The van der Waals surface area contributed by atoms with Crippen molar-refractivity contribution in [3.8, 4) is 0 Å². The number of para-hydroxylation sites is 1. The van der Waals surface area contributed by atoms with Crippen LogP contribution in [0, 0.1) is 10.1 Å². The normalized spacial score (nSPS) is 16.2. The minimum Gasteiger partial charge on any atom is -0.550 e. The fourth-order valence-corrected chi connectivity index (χ4v) is 3.38. The lowest BCUT2D eigenvalue weighted by Gasteiger charge is -2.14. The summed E-state index contributed by atoms with van der Waals surface area (Å²) in [6.45, 7) is 0.212. The predicted molar refractivity (Wildman–Crippen MR) is 96.4 cm³/mol. The summed E-state index contributed by atoms with van der Waals surface area (Å²) in [5.74, 6) is -1.48. The molecule has 1 saturated heterocycles. The van der Waals surface area contributed by atoms with Gasteiger partial charge in [0.25, 0.3) is 11.6 Å². The van der Waals surface area contributed by atoms with Gasteiger partial charge in [0.2, 0.25) is 0 Å². The minimum absolute atomic E-state index is 0.0259. The van der Waals surface area contributed by atoms with E-state index in [9.17, 15) is 24.8 Å². The van der Waals surface area contributed by atoms with E-state index in [0.29, 0.717) is 14.8 Å². The molecule has 0 bridgehead atoms. The van der Waals surface area contributed by atoms with Crippen LogP contribution in [-0.2, 0) is 9.59 Å². The second kappa shape index (κ2) is 8.54. The second-order valence-corrected chi connectivity index (χ2v) is 6.68. The van der Waals surface area contributed by atoms with Crippen molar-refractivity contribution in [3.05, 3.63) is 57.0 Å². The number of nitro groups is 1. The Bertz CT molecular complexity index is 788. The van der Waals surface area contributed by atoms with Crippen LogP contribution in [0.4, 0.5) is 5.69 Å². The fourth-order valence-electron chi connectivity index (χ4n) is 2.12. The fraction of sp³-hybridized carbons (Fsp3) is 0.188. The van der Waals surface area contributed by atoms with Gasteiger partial charge in [0.05, 0.1) is 15.4 Å². The van der Waals surface area contributed by atoms with Gasteiger partial charge in [0.1, 0.15) is 4.32 Å². The first-order valence-electron chi connectivity index (χ1n) is 7.25. The first kappa shape index (κ1) is 18.8. The lowest BCUT2D eigenvalue weighted by atomic mass is 10.1. The van der Waals surface area contributed by atoms with Crippen LogP contribution in [0.5, 0.6) is 0 Å². The lowest BCUT2D eigenvalue weighted by molar-refractivity contribution is -0.385. The van der Waals surface area contributed by atoms with Crippen LogP contribution < -0.4 is 5.11 Å². The van der Waals surface area contributed by atoms with Crippen molar-refractivity contribution >= 4 is 51.9 Å². The molecule has 0 aromatic heterocycles. The van der Waals surface area contributed by atoms with Crippen LogP contribution in [0.15, 0.2) is 41.3 Å². The van der Waals surface area contributed by atoms with E-state index in [1.54, 1.807) is 30.4 Å². The Balaban J connectivity index is 2.07. The molecule has 0 atom stereocenters. The predicted octanol–water partition coefficient (Wildman–Crippen LogP) is 1.88. The summed E-state index contributed by atoms with van der Waals surface area (Å²) in [6, 6.07) is 6.26. The summed E-state index contributed by atoms with van der Waals surface area (Å²) in [4.78, 5) is 34.9. The van der Waals surface area contributed by atoms with E-state index >= 15 is 0 Å².